The second-order valence-electron chi connectivity index (χ2n) is 6.99. The number of nitrogens with zero attached hydrogens (tertiary/aromatic N) is 3. The van der Waals surface area contributed by atoms with E-state index in [-0.39, 0.29) is 6.10 Å². The van der Waals surface area contributed by atoms with Gasteiger partial charge in [0.15, 0.2) is 5.65 Å². The minimum absolute atomic E-state index is 0.126. The van der Waals surface area contributed by atoms with E-state index in [1.807, 2.05) is 75.4 Å². The third kappa shape index (κ3) is 7.55. The second kappa shape index (κ2) is 13.8. The Balaban J connectivity index is 0.000000330. The number of H-pyrrole nitrogens is 1. The quantitative estimate of drug-likeness (QED) is 0.314. The van der Waals surface area contributed by atoms with Gasteiger partial charge in [0.25, 0.3) is 0 Å². The Morgan fingerprint density at radius 2 is 1.67 bits per heavy atom. The lowest BCUT2D eigenvalue weighted by atomic mass is 10.1. The van der Waals surface area contributed by atoms with E-state index in [1.165, 1.54) is 6.33 Å². The Bertz CT molecular complexity index is 1070. The maximum atomic E-state index is 8.93. The highest BCUT2D eigenvalue weighted by molar-refractivity contribution is 5.97. The topological polar surface area (TPSA) is 136 Å². The van der Waals surface area contributed by atoms with Gasteiger partial charge in [-0.2, -0.15) is 5.10 Å². The van der Waals surface area contributed by atoms with Crippen LogP contribution in [0.4, 0.5) is 5.82 Å². The summed E-state index contributed by atoms with van der Waals surface area (Å²) in [6.07, 6.45) is 3.92. The zero-order valence-corrected chi connectivity index (χ0v) is 19.5. The molecule has 1 unspecified atom stereocenters. The molecule has 0 aliphatic carbocycles. The van der Waals surface area contributed by atoms with Crippen LogP contribution in [-0.4, -0.2) is 37.9 Å². The van der Waals surface area contributed by atoms with Crippen molar-refractivity contribution in [3.63, 3.8) is 0 Å². The monoisotopic (exact) mass is 450 g/mol. The molecule has 0 bridgehead atoms. The fourth-order valence-corrected chi connectivity index (χ4v) is 2.96. The van der Waals surface area contributed by atoms with Gasteiger partial charge in [0.1, 0.15) is 23.6 Å². The number of aromatic nitrogens is 4. The zero-order chi connectivity index (χ0) is 24.1. The summed E-state index contributed by atoms with van der Waals surface area (Å²) in [4.78, 5) is 8.12. The Hall–Kier alpha value is -3.49. The number of nitrogens with one attached hydrogen (secondary N) is 1. The Labute approximate surface area is 195 Å². The number of para-hydroxylation sites is 1. The number of rotatable bonds is 7. The number of aromatic amines is 1. The fourth-order valence-electron chi connectivity index (χ4n) is 2.96. The summed E-state index contributed by atoms with van der Waals surface area (Å²) in [5, 5.41) is 16.8. The molecule has 6 N–H and O–H groups in total. The summed E-state index contributed by atoms with van der Waals surface area (Å²) in [7, 11) is 0. The van der Waals surface area contributed by atoms with Crippen LogP contribution in [0.15, 0.2) is 60.9 Å². The number of ether oxygens (including phenoxy) is 1. The number of benzene rings is 2. The van der Waals surface area contributed by atoms with E-state index in [0.717, 1.165) is 47.4 Å². The molecule has 8 nitrogen and oxygen atoms in total. The minimum atomic E-state index is -0.126. The third-order valence-electron chi connectivity index (χ3n) is 4.71. The fraction of sp³-hybridized carbons (Fsp3) is 0.320. The van der Waals surface area contributed by atoms with Crippen molar-refractivity contribution in [2.24, 2.45) is 5.73 Å². The van der Waals surface area contributed by atoms with Crippen LogP contribution in [0.1, 0.15) is 40.0 Å². The van der Waals surface area contributed by atoms with Crippen LogP contribution in [0, 0.1) is 0 Å². The number of fused-ring (bicyclic) bond motifs is 1. The Kier molecular flexibility index (Phi) is 10.8. The van der Waals surface area contributed by atoms with Crippen molar-refractivity contribution >= 4 is 16.9 Å². The van der Waals surface area contributed by atoms with Crippen molar-refractivity contribution in [1.82, 2.24) is 20.2 Å². The summed E-state index contributed by atoms with van der Waals surface area (Å²) >= 11 is 0. The molecule has 0 saturated carbocycles. The Morgan fingerprint density at radius 1 is 1.00 bits per heavy atom. The van der Waals surface area contributed by atoms with Gasteiger partial charge in [-0.25, -0.2) is 9.97 Å². The van der Waals surface area contributed by atoms with Crippen LogP contribution in [0.3, 0.4) is 0 Å². The number of nitrogen functional groups attached to an aromatic ring is 1. The van der Waals surface area contributed by atoms with Gasteiger partial charge in [0.2, 0.25) is 0 Å². The lowest BCUT2D eigenvalue weighted by Crippen LogP contribution is -2.07. The molecule has 4 aromatic rings. The largest absolute Gasteiger partial charge is 0.457 e. The summed E-state index contributed by atoms with van der Waals surface area (Å²) in [5.41, 5.74) is 13.4. The molecule has 1 atom stereocenters. The molecular weight excluding hydrogens is 416 g/mol. The van der Waals surface area contributed by atoms with E-state index >= 15 is 0 Å². The molecule has 0 radical (unpaired) electrons. The minimum Gasteiger partial charge on any atom is -0.457 e. The molecule has 2 aromatic heterocycles. The average molecular weight is 451 g/mol. The molecule has 2 heterocycles. The first-order valence-electron chi connectivity index (χ1n) is 11.3. The van der Waals surface area contributed by atoms with Crippen molar-refractivity contribution in [3.05, 3.63) is 60.9 Å². The van der Waals surface area contributed by atoms with Crippen molar-refractivity contribution in [2.75, 3.05) is 12.3 Å². The van der Waals surface area contributed by atoms with Gasteiger partial charge in [0.05, 0.1) is 17.2 Å². The smallest absolute Gasteiger partial charge is 0.186 e. The van der Waals surface area contributed by atoms with Crippen molar-refractivity contribution in [1.29, 1.82) is 0 Å². The van der Waals surface area contributed by atoms with Gasteiger partial charge in [-0.05, 0) is 62.2 Å². The molecule has 176 valence electrons. The van der Waals surface area contributed by atoms with Crippen LogP contribution < -0.4 is 16.2 Å². The first-order chi connectivity index (χ1) is 16.1. The van der Waals surface area contributed by atoms with E-state index < -0.39 is 0 Å². The summed E-state index contributed by atoms with van der Waals surface area (Å²) in [6.45, 7) is 6.66. The molecule has 0 amide bonds. The molecule has 4 rings (SSSR count). The zero-order valence-electron chi connectivity index (χ0n) is 19.5. The van der Waals surface area contributed by atoms with Crippen LogP contribution in [0.2, 0.25) is 0 Å². The van der Waals surface area contributed by atoms with E-state index in [2.05, 4.69) is 20.2 Å². The number of nitrogens with two attached hydrogens (primary N) is 2. The number of anilines is 1. The number of aliphatic hydroxyl groups excluding tert-OH is 1. The molecule has 0 spiro atoms. The molecule has 0 saturated heterocycles. The molecule has 2 aromatic carbocycles. The average Bonchev–Trinajstić information content (AvgIpc) is 3.31. The molecule has 8 heteroatoms. The van der Waals surface area contributed by atoms with Gasteiger partial charge in [-0.3, -0.25) is 5.10 Å². The maximum absolute atomic E-state index is 8.93. The van der Waals surface area contributed by atoms with Gasteiger partial charge in [0, 0.05) is 5.56 Å². The number of hydrogen-bond acceptors (Lipinski definition) is 7. The SMILES string of the molecule is CC.CCC(O)CCCN.Nc1ncnc2n[nH]c(-c3ccc(Oc4ccccc4)cc3)c12. The van der Waals surface area contributed by atoms with Crippen molar-refractivity contribution in [3.8, 4) is 22.8 Å². The number of hydrogen-bond donors (Lipinski definition) is 4. The van der Waals surface area contributed by atoms with E-state index in [1.54, 1.807) is 0 Å². The third-order valence-corrected chi connectivity index (χ3v) is 4.71. The Morgan fingerprint density at radius 3 is 2.30 bits per heavy atom. The van der Waals surface area contributed by atoms with Gasteiger partial charge >= 0.3 is 0 Å². The van der Waals surface area contributed by atoms with Gasteiger partial charge in [-0.1, -0.05) is 39.0 Å². The predicted octanol–water partition coefficient (Wildman–Crippen LogP) is 4.92. The van der Waals surface area contributed by atoms with E-state index in [4.69, 9.17) is 21.3 Å². The molecule has 33 heavy (non-hydrogen) atoms. The van der Waals surface area contributed by atoms with Crippen LogP contribution in [0.5, 0.6) is 11.5 Å². The predicted molar refractivity (Wildman–Crippen MR) is 134 cm³/mol. The van der Waals surface area contributed by atoms with Gasteiger partial charge < -0.3 is 21.3 Å². The van der Waals surface area contributed by atoms with Gasteiger partial charge in [-0.15, -0.1) is 0 Å². The standard InChI is InChI=1S/C17H13N5O.C6H15NO.C2H6/c18-16-14-15(21-22-17(14)20-10-19-16)11-6-8-13(9-7-11)23-12-4-2-1-3-5-12;1-2-6(8)4-3-5-7;1-2/h1-10H,(H3,18,19,20,21,22);6,8H,2-5,7H2,1H3;1-2H3. The van der Waals surface area contributed by atoms with Crippen LogP contribution >= 0.6 is 0 Å². The lowest BCUT2D eigenvalue weighted by Gasteiger charge is -2.06. The summed E-state index contributed by atoms with van der Waals surface area (Å²) < 4.78 is 5.79. The highest BCUT2D eigenvalue weighted by Crippen LogP contribution is 2.30. The first kappa shape index (κ1) is 25.8. The normalized spacial score (nSPS) is 11.1. The summed E-state index contributed by atoms with van der Waals surface area (Å²) in [5.74, 6) is 1.96. The molecule has 0 aliphatic heterocycles. The van der Waals surface area contributed by atoms with Crippen molar-refractivity contribution < 1.29 is 9.84 Å². The molecule has 0 fully saturated rings. The lowest BCUT2D eigenvalue weighted by molar-refractivity contribution is 0.158. The molecular formula is C25H34N6O2. The van der Waals surface area contributed by atoms with E-state index in [9.17, 15) is 0 Å². The second-order valence-corrected chi connectivity index (χ2v) is 6.99. The highest BCUT2D eigenvalue weighted by Gasteiger charge is 2.12. The summed E-state index contributed by atoms with van der Waals surface area (Å²) in [6, 6.07) is 17.3. The number of aliphatic hydroxyl groups is 1. The first-order valence-corrected chi connectivity index (χ1v) is 11.3. The van der Waals surface area contributed by atoms with E-state index in [0.29, 0.717) is 18.0 Å². The molecule has 0 aliphatic rings. The highest BCUT2D eigenvalue weighted by atomic mass is 16.5. The maximum Gasteiger partial charge on any atom is 0.186 e. The van der Waals surface area contributed by atoms with Crippen molar-refractivity contribution in [2.45, 2.75) is 46.1 Å². The van der Waals surface area contributed by atoms with Crippen LogP contribution in [-0.2, 0) is 0 Å². The van der Waals surface area contributed by atoms with Crippen LogP contribution in [0.25, 0.3) is 22.3 Å².